The molecule has 0 aliphatic rings. The van der Waals surface area contributed by atoms with Crippen LogP contribution in [0, 0.1) is 0 Å². The lowest BCUT2D eigenvalue weighted by Gasteiger charge is -2.16. The second kappa shape index (κ2) is 11.6. The summed E-state index contributed by atoms with van der Waals surface area (Å²) < 4.78 is 51.6. The molecule has 178 valence electrons. The molecule has 0 saturated heterocycles. The lowest BCUT2D eigenvalue weighted by Crippen LogP contribution is -2.19. The largest absolute Gasteiger partial charge is 0.573 e. The normalized spacial score (nSPS) is 11.6. The standard InChI is InChI=1S/C24H28F3N3O3/c1-3-4-13-30(2)17-19-16-28-29-23(19)18-5-7-20(8-6-18)31-14-15-32-21-9-11-22(12-10-21)33-24(25,26)27/h5-12,16H,3-4,13-15,17H2,1-2H3,(H,28,29). The van der Waals surface area contributed by atoms with Crippen LogP contribution in [0.1, 0.15) is 25.3 Å². The zero-order chi connectivity index (χ0) is 23.7. The minimum Gasteiger partial charge on any atom is -0.490 e. The van der Waals surface area contributed by atoms with Crippen LogP contribution in [-0.4, -0.2) is 48.3 Å². The first-order valence-corrected chi connectivity index (χ1v) is 10.8. The van der Waals surface area contributed by atoms with Crippen molar-refractivity contribution in [2.45, 2.75) is 32.7 Å². The van der Waals surface area contributed by atoms with Gasteiger partial charge < -0.3 is 19.1 Å². The van der Waals surface area contributed by atoms with Crippen LogP contribution in [0.15, 0.2) is 54.7 Å². The molecule has 0 unspecified atom stereocenters. The maximum absolute atomic E-state index is 12.2. The Bertz CT molecular complexity index is 973. The summed E-state index contributed by atoms with van der Waals surface area (Å²) in [5, 5.41) is 7.28. The highest BCUT2D eigenvalue weighted by Gasteiger charge is 2.30. The zero-order valence-corrected chi connectivity index (χ0v) is 18.7. The maximum Gasteiger partial charge on any atom is 0.573 e. The summed E-state index contributed by atoms with van der Waals surface area (Å²) in [6.07, 6.45) is -0.521. The Kier molecular flexibility index (Phi) is 8.59. The SMILES string of the molecule is CCCCN(C)Cc1cn[nH]c1-c1ccc(OCCOc2ccc(OC(F)(F)F)cc2)cc1. The highest BCUT2D eigenvalue weighted by molar-refractivity contribution is 5.63. The zero-order valence-electron chi connectivity index (χ0n) is 18.7. The summed E-state index contributed by atoms with van der Waals surface area (Å²) in [6, 6.07) is 12.9. The number of hydrogen-bond donors (Lipinski definition) is 1. The first kappa shape index (κ1) is 24.4. The Morgan fingerprint density at radius 2 is 1.48 bits per heavy atom. The van der Waals surface area contributed by atoms with Gasteiger partial charge in [-0.2, -0.15) is 5.10 Å². The molecular weight excluding hydrogens is 435 g/mol. The Morgan fingerprint density at radius 3 is 2.06 bits per heavy atom. The molecule has 1 heterocycles. The van der Waals surface area contributed by atoms with E-state index < -0.39 is 6.36 Å². The number of nitrogens with one attached hydrogen (secondary N) is 1. The van der Waals surface area contributed by atoms with Gasteiger partial charge in [0.05, 0.1) is 11.9 Å². The second-order valence-corrected chi connectivity index (χ2v) is 7.60. The predicted octanol–water partition coefficient (Wildman–Crippen LogP) is 5.67. The second-order valence-electron chi connectivity index (χ2n) is 7.60. The van der Waals surface area contributed by atoms with Gasteiger partial charge in [-0.25, -0.2) is 0 Å². The topological polar surface area (TPSA) is 59.6 Å². The van der Waals surface area contributed by atoms with E-state index in [0.717, 1.165) is 42.8 Å². The van der Waals surface area contributed by atoms with E-state index in [4.69, 9.17) is 9.47 Å². The first-order valence-electron chi connectivity index (χ1n) is 10.8. The number of nitrogens with zero attached hydrogens (tertiary/aromatic N) is 2. The molecule has 0 spiro atoms. The Balaban J connectivity index is 1.46. The quantitative estimate of drug-likeness (QED) is 0.351. The molecule has 1 aromatic heterocycles. The molecule has 0 atom stereocenters. The fourth-order valence-electron chi connectivity index (χ4n) is 3.25. The fraction of sp³-hybridized carbons (Fsp3) is 0.375. The van der Waals surface area contributed by atoms with Gasteiger partial charge in [-0.15, -0.1) is 13.2 Å². The highest BCUT2D eigenvalue weighted by Crippen LogP contribution is 2.26. The average Bonchev–Trinajstić information content (AvgIpc) is 3.24. The van der Waals surface area contributed by atoms with Gasteiger partial charge in [-0.1, -0.05) is 13.3 Å². The van der Waals surface area contributed by atoms with Crippen molar-refractivity contribution in [3.63, 3.8) is 0 Å². The third kappa shape index (κ3) is 8.02. The van der Waals surface area contributed by atoms with Gasteiger partial charge in [0.25, 0.3) is 0 Å². The van der Waals surface area contributed by atoms with Crippen LogP contribution < -0.4 is 14.2 Å². The molecule has 0 amide bonds. The third-order valence-electron chi connectivity index (χ3n) is 4.87. The number of rotatable bonds is 12. The number of hydrogen-bond acceptors (Lipinski definition) is 5. The van der Waals surface area contributed by atoms with Gasteiger partial charge in [0.15, 0.2) is 0 Å². The van der Waals surface area contributed by atoms with Gasteiger partial charge in [0.2, 0.25) is 0 Å². The van der Waals surface area contributed by atoms with Crippen molar-refractivity contribution in [2.24, 2.45) is 0 Å². The van der Waals surface area contributed by atoms with Gasteiger partial charge in [-0.05, 0) is 68.5 Å². The molecular formula is C24H28F3N3O3. The molecule has 33 heavy (non-hydrogen) atoms. The van der Waals surface area contributed by atoms with Crippen LogP contribution in [0.5, 0.6) is 17.2 Å². The van der Waals surface area contributed by atoms with E-state index in [1.54, 1.807) is 0 Å². The van der Waals surface area contributed by atoms with Crippen LogP contribution in [0.4, 0.5) is 13.2 Å². The molecule has 0 bridgehead atoms. The maximum atomic E-state index is 12.2. The number of unbranched alkanes of at least 4 members (excludes halogenated alkanes) is 1. The molecule has 0 radical (unpaired) electrons. The monoisotopic (exact) mass is 463 g/mol. The molecule has 0 aliphatic heterocycles. The lowest BCUT2D eigenvalue weighted by atomic mass is 10.1. The van der Waals surface area contributed by atoms with Crippen molar-refractivity contribution in [1.29, 1.82) is 0 Å². The molecule has 1 N–H and O–H groups in total. The van der Waals surface area contributed by atoms with Crippen molar-refractivity contribution >= 4 is 0 Å². The van der Waals surface area contributed by atoms with Crippen LogP contribution in [0.3, 0.4) is 0 Å². The number of benzene rings is 2. The smallest absolute Gasteiger partial charge is 0.490 e. The third-order valence-corrected chi connectivity index (χ3v) is 4.87. The van der Waals surface area contributed by atoms with Crippen molar-refractivity contribution in [3.05, 3.63) is 60.3 Å². The van der Waals surface area contributed by atoms with Crippen LogP contribution in [-0.2, 0) is 6.54 Å². The summed E-state index contributed by atoms with van der Waals surface area (Å²) in [5.74, 6) is 0.829. The highest BCUT2D eigenvalue weighted by atomic mass is 19.4. The van der Waals surface area contributed by atoms with E-state index in [0.29, 0.717) is 11.5 Å². The van der Waals surface area contributed by atoms with E-state index in [9.17, 15) is 13.2 Å². The molecule has 9 heteroatoms. The van der Waals surface area contributed by atoms with Crippen LogP contribution in [0.25, 0.3) is 11.3 Å². The number of aromatic nitrogens is 2. The van der Waals surface area contributed by atoms with E-state index in [2.05, 4.69) is 33.8 Å². The number of halogens is 3. The lowest BCUT2D eigenvalue weighted by molar-refractivity contribution is -0.274. The fourth-order valence-corrected chi connectivity index (χ4v) is 3.25. The number of alkyl halides is 3. The van der Waals surface area contributed by atoms with Gasteiger partial charge in [0, 0.05) is 17.7 Å². The molecule has 6 nitrogen and oxygen atoms in total. The molecule has 0 aliphatic carbocycles. The van der Waals surface area contributed by atoms with Crippen LogP contribution in [0.2, 0.25) is 0 Å². The average molecular weight is 464 g/mol. The van der Waals surface area contributed by atoms with Crippen LogP contribution >= 0.6 is 0 Å². The van der Waals surface area contributed by atoms with E-state index in [-0.39, 0.29) is 19.0 Å². The van der Waals surface area contributed by atoms with Gasteiger partial charge >= 0.3 is 6.36 Å². The molecule has 0 saturated carbocycles. The van der Waals surface area contributed by atoms with E-state index in [1.807, 2.05) is 30.5 Å². The minimum absolute atomic E-state index is 0.246. The van der Waals surface area contributed by atoms with Crippen molar-refractivity contribution in [2.75, 3.05) is 26.8 Å². The van der Waals surface area contributed by atoms with E-state index in [1.165, 1.54) is 24.3 Å². The van der Waals surface area contributed by atoms with Crippen molar-refractivity contribution in [3.8, 4) is 28.5 Å². The summed E-state index contributed by atoms with van der Waals surface area (Å²) in [6.45, 7) is 4.58. The summed E-state index contributed by atoms with van der Waals surface area (Å²) in [7, 11) is 2.11. The number of H-pyrrole nitrogens is 1. The van der Waals surface area contributed by atoms with Gasteiger partial charge in [-0.3, -0.25) is 5.10 Å². The Hall–Kier alpha value is -3.20. The Labute approximate surface area is 191 Å². The van der Waals surface area contributed by atoms with Crippen molar-refractivity contribution in [1.82, 2.24) is 15.1 Å². The molecule has 3 aromatic rings. The Morgan fingerprint density at radius 1 is 0.909 bits per heavy atom. The predicted molar refractivity (Wildman–Crippen MR) is 119 cm³/mol. The van der Waals surface area contributed by atoms with Gasteiger partial charge in [0.1, 0.15) is 30.5 Å². The molecule has 3 rings (SSSR count). The number of aromatic amines is 1. The first-order chi connectivity index (χ1) is 15.8. The summed E-state index contributed by atoms with van der Waals surface area (Å²) >= 11 is 0. The van der Waals surface area contributed by atoms with E-state index >= 15 is 0 Å². The minimum atomic E-state index is -4.71. The summed E-state index contributed by atoms with van der Waals surface area (Å²) in [5.41, 5.74) is 3.16. The molecule has 2 aromatic carbocycles. The molecule has 0 fully saturated rings. The number of ether oxygens (including phenoxy) is 3. The summed E-state index contributed by atoms with van der Waals surface area (Å²) in [4.78, 5) is 2.28. The van der Waals surface area contributed by atoms with Crippen molar-refractivity contribution < 1.29 is 27.4 Å².